The fourth-order valence-electron chi connectivity index (χ4n) is 7.44. The molecule has 0 aliphatic rings. The van der Waals surface area contributed by atoms with Gasteiger partial charge >= 0.3 is 0 Å². The standard InChI is InChI=1S/C47H30N2O/c1-3-16-39-31(10-1)12-8-19-41(39)33-22-24-36(25-23-33)49(37-15-7-14-34(28-37)42-20-9-13-32-11-2-4-17-40(32)42)38-26-27-45-35(29-38)30-44-43-18-5-6-21-46(43)50-47(44)48-45/h1-30H. The Morgan fingerprint density at radius 3 is 1.74 bits per heavy atom. The molecular weight excluding hydrogens is 609 g/mol. The Morgan fingerprint density at radius 2 is 0.980 bits per heavy atom. The molecule has 0 spiro atoms. The van der Waals surface area contributed by atoms with Crippen LogP contribution >= 0.6 is 0 Å². The first kappa shape index (κ1) is 28.3. The molecule has 3 nitrogen and oxygen atoms in total. The molecule has 0 aliphatic carbocycles. The summed E-state index contributed by atoms with van der Waals surface area (Å²) < 4.78 is 6.12. The average molecular weight is 639 g/mol. The Hall–Kier alpha value is -6.71. The second-order valence-electron chi connectivity index (χ2n) is 12.8. The Balaban J connectivity index is 1.14. The van der Waals surface area contributed by atoms with Crippen LogP contribution in [0.2, 0.25) is 0 Å². The highest BCUT2D eigenvalue weighted by Crippen LogP contribution is 2.41. The van der Waals surface area contributed by atoms with Crippen molar-refractivity contribution < 1.29 is 4.42 Å². The van der Waals surface area contributed by atoms with Gasteiger partial charge in [0.15, 0.2) is 0 Å². The Labute approximate surface area is 289 Å². The predicted molar refractivity (Wildman–Crippen MR) is 210 cm³/mol. The lowest BCUT2D eigenvalue weighted by molar-refractivity contribution is 0.656. The van der Waals surface area contributed by atoms with Crippen molar-refractivity contribution in [2.24, 2.45) is 0 Å². The highest BCUT2D eigenvalue weighted by atomic mass is 16.3. The molecule has 0 saturated heterocycles. The van der Waals surface area contributed by atoms with Crippen molar-refractivity contribution >= 4 is 71.6 Å². The molecule has 0 N–H and O–H groups in total. The third-order valence-corrected chi connectivity index (χ3v) is 9.84. The first-order valence-electron chi connectivity index (χ1n) is 17.0. The molecule has 0 bridgehead atoms. The maximum atomic E-state index is 6.12. The topological polar surface area (TPSA) is 29.3 Å². The van der Waals surface area contributed by atoms with Gasteiger partial charge < -0.3 is 9.32 Å². The lowest BCUT2D eigenvalue weighted by Gasteiger charge is -2.26. The van der Waals surface area contributed by atoms with Gasteiger partial charge in [0.25, 0.3) is 0 Å². The number of furan rings is 1. The quantitative estimate of drug-likeness (QED) is 0.188. The fourth-order valence-corrected chi connectivity index (χ4v) is 7.44. The van der Waals surface area contributed by atoms with E-state index < -0.39 is 0 Å². The molecule has 234 valence electrons. The minimum Gasteiger partial charge on any atom is -0.438 e. The van der Waals surface area contributed by atoms with E-state index in [0.717, 1.165) is 44.3 Å². The molecule has 0 atom stereocenters. The lowest BCUT2D eigenvalue weighted by atomic mass is 9.97. The van der Waals surface area contributed by atoms with Crippen molar-refractivity contribution in [2.45, 2.75) is 0 Å². The summed E-state index contributed by atoms with van der Waals surface area (Å²) in [4.78, 5) is 7.27. The van der Waals surface area contributed by atoms with Gasteiger partial charge in [0.2, 0.25) is 5.71 Å². The van der Waals surface area contributed by atoms with Crippen molar-refractivity contribution in [3.05, 3.63) is 182 Å². The minimum atomic E-state index is 0.662. The minimum absolute atomic E-state index is 0.662. The van der Waals surface area contributed by atoms with E-state index in [-0.39, 0.29) is 0 Å². The van der Waals surface area contributed by atoms with Gasteiger partial charge in [0.05, 0.1) is 5.52 Å². The van der Waals surface area contributed by atoms with E-state index in [2.05, 4.69) is 169 Å². The third-order valence-electron chi connectivity index (χ3n) is 9.84. The molecule has 2 heterocycles. The molecule has 0 fully saturated rings. The first-order chi connectivity index (χ1) is 24.8. The average Bonchev–Trinajstić information content (AvgIpc) is 3.54. The van der Waals surface area contributed by atoms with E-state index in [1.54, 1.807) is 0 Å². The van der Waals surface area contributed by atoms with Crippen molar-refractivity contribution in [3.8, 4) is 22.3 Å². The molecule has 10 aromatic rings. The SMILES string of the molecule is c1cc(-c2cccc3ccccc23)cc(N(c2ccc(-c3cccc4ccccc34)cc2)c2ccc3nc4oc5ccccc5c4cc3c2)c1. The zero-order chi connectivity index (χ0) is 33.0. The van der Waals surface area contributed by atoms with Gasteiger partial charge in [0, 0.05) is 33.2 Å². The maximum Gasteiger partial charge on any atom is 0.227 e. The molecule has 8 aromatic carbocycles. The molecule has 0 aliphatic heterocycles. The maximum absolute atomic E-state index is 6.12. The normalized spacial score (nSPS) is 11.6. The van der Waals surface area contributed by atoms with E-state index in [9.17, 15) is 0 Å². The number of hydrogen-bond acceptors (Lipinski definition) is 3. The van der Waals surface area contributed by atoms with Crippen LogP contribution in [-0.4, -0.2) is 4.98 Å². The molecule has 50 heavy (non-hydrogen) atoms. The Morgan fingerprint density at radius 1 is 0.380 bits per heavy atom. The number of fused-ring (bicyclic) bond motifs is 6. The van der Waals surface area contributed by atoms with Crippen molar-refractivity contribution in [3.63, 3.8) is 0 Å². The van der Waals surface area contributed by atoms with Gasteiger partial charge in [-0.1, -0.05) is 127 Å². The Bertz CT molecular complexity index is 2870. The summed E-state index contributed by atoms with van der Waals surface area (Å²) in [5, 5.41) is 8.12. The number of hydrogen-bond donors (Lipinski definition) is 0. The van der Waals surface area contributed by atoms with Crippen LogP contribution in [-0.2, 0) is 0 Å². The van der Waals surface area contributed by atoms with Crippen LogP contribution in [0.25, 0.3) is 76.8 Å². The van der Waals surface area contributed by atoms with E-state index >= 15 is 0 Å². The summed E-state index contributed by atoms with van der Waals surface area (Å²) >= 11 is 0. The summed E-state index contributed by atoms with van der Waals surface area (Å²) in [7, 11) is 0. The molecule has 0 saturated carbocycles. The summed E-state index contributed by atoms with van der Waals surface area (Å²) in [6.07, 6.45) is 0. The van der Waals surface area contributed by atoms with Crippen LogP contribution in [0.1, 0.15) is 0 Å². The number of nitrogens with zero attached hydrogens (tertiary/aromatic N) is 2. The van der Waals surface area contributed by atoms with E-state index in [1.165, 1.54) is 43.8 Å². The number of aromatic nitrogens is 1. The first-order valence-corrected chi connectivity index (χ1v) is 17.0. The molecule has 3 heteroatoms. The summed E-state index contributed by atoms with van der Waals surface area (Å²) in [6, 6.07) is 64.9. The molecule has 0 radical (unpaired) electrons. The largest absolute Gasteiger partial charge is 0.438 e. The fraction of sp³-hybridized carbons (Fsp3) is 0. The zero-order valence-electron chi connectivity index (χ0n) is 27.1. The van der Waals surface area contributed by atoms with Crippen molar-refractivity contribution in [1.29, 1.82) is 0 Å². The molecule has 10 rings (SSSR count). The molecule has 0 amide bonds. The van der Waals surface area contributed by atoms with Crippen LogP contribution < -0.4 is 4.90 Å². The second kappa shape index (κ2) is 11.5. The molecular formula is C47H30N2O. The summed E-state index contributed by atoms with van der Waals surface area (Å²) in [5.41, 5.74) is 10.4. The van der Waals surface area contributed by atoms with Gasteiger partial charge in [-0.25, -0.2) is 4.98 Å². The monoisotopic (exact) mass is 638 g/mol. The van der Waals surface area contributed by atoms with Crippen molar-refractivity contribution in [1.82, 2.24) is 4.98 Å². The van der Waals surface area contributed by atoms with Crippen LogP contribution in [0, 0.1) is 0 Å². The highest BCUT2D eigenvalue weighted by molar-refractivity contribution is 6.08. The van der Waals surface area contributed by atoms with E-state index in [4.69, 9.17) is 9.40 Å². The zero-order valence-corrected chi connectivity index (χ0v) is 27.1. The van der Waals surface area contributed by atoms with Crippen LogP contribution in [0.4, 0.5) is 17.1 Å². The third kappa shape index (κ3) is 4.71. The lowest BCUT2D eigenvalue weighted by Crippen LogP contribution is -2.10. The van der Waals surface area contributed by atoms with Crippen LogP contribution in [0.5, 0.6) is 0 Å². The summed E-state index contributed by atoms with van der Waals surface area (Å²) in [6.45, 7) is 0. The second-order valence-corrected chi connectivity index (χ2v) is 12.8. The number of para-hydroxylation sites is 1. The van der Waals surface area contributed by atoms with Gasteiger partial charge in [-0.2, -0.15) is 0 Å². The van der Waals surface area contributed by atoms with Gasteiger partial charge in [-0.3, -0.25) is 0 Å². The highest BCUT2D eigenvalue weighted by Gasteiger charge is 2.17. The number of benzene rings is 8. The van der Waals surface area contributed by atoms with Crippen LogP contribution in [0.15, 0.2) is 186 Å². The number of rotatable bonds is 5. The van der Waals surface area contributed by atoms with Gasteiger partial charge in [-0.05, 0) is 98.4 Å². The molecule has 2 aromatic heterocycles. The molecule has 0 unspecified atom stereocenters. The smallest absolute Gasteiger partial charge is 0.227 e. The van der Waals surface area contributed by atoms with Gasteiger partial charge in [-0.15, -0.1) is 0 Å². The van der Waals surface area contributed by atoms with E-state index in [1.807, 2.05) is 18.2 Å². The van der Waals surface area contributed by atoms with Crippen LogP contribution in [0.3, 0.4) is 0 Å². The summed E-state index contributed by atoms with van der Waals surface area (Å²) in [5.74, 6) is 0. The van der Waals surface area contributed by atoms with Gasteiger partial charge in [0.1, 0.15) is 5.58 Å². The predicted octanol–water partition coefficient (Wildman–Crippen LogP) is 13.2. The number of pyridine rings is 1. The van der Waals surface area contributed by atoms with E-state index in [0.29, 0.717) is 5.71 Å². The van der Waals surface area contributed by atoms with Crippen molar-refractivity contribution in [2.75, 3.05) is 4.90 Å². The Kier molecular flexibility index (Phi) is 6.49. The number of anilines is 3.